The van der Waals surface area contributed by atoms with Gasteiger partial charge < -0.3 is 10.6 Å². The summed E-state index contributed by atoms with van der Waals surface area (Å²) < 4.78 is 25.8. The van der Waals surface area contributed by atoms with E-state index in [-0.39, 0.29) is 23.7 Å². The molecular formula is C21H22N4O4S. The molecule has 1 heterocycles. The zero-order valence-electron chi connectivity index (χ0n) is 16.2. The zero-order valence-corrected chi connectivity index (χ0v) is 17.0. The van der Waals surface area contributed by atoms with Gasteiger partial charge in [-0.2, -0.15) is 0 Å². The monoisotopic (exact) mass is 426 g/mol. The molecule has 8 nitrogen and oxygen atoms in total. The Bertz CT molecular complexity index is 1160. The predicted molar refractivity (Wildman–Crippen MR) is 115 cm³/mol. The van der Waals surface area contributed by atoms with Crippen LogP contribution in [0.1, 0.15) is 11.1 Å². The van der Waals surface area contributed by atoms with Gasteiger partial charge in [0.05, 0.1) is 18.1 Å². The molecule has 0 aliphatic rings. The van der Waals surface area contributed by atoms with E-state index in [4.69, 9.17) is 0 Å². The van der Waals surface area contributed by atoms with Gasteiger partial charge in [-0.3, -0.25) is 4.57 Å². The first kappa shape index (κ1) is 21.3. The van der Waals surface area contributed by atoms with Crippen molar-refractivity contribution in [3.63, 3.8) is 0 Å². The van der Waals surface area contributed by atoms with Gasteiger partial charge in [0.15, 0.2) is 9.84 Å². The lowest BCUT2D eigenvalue weighted by Gasteiger charge is -2.10. The average molecular weight is 426 g/mol. The minimum Gasteiger partial charge on any atom is -0.337 e. The van der Waals surface area contributed by atoms with Crippen LogP contribution in [0.2, 0.25) is 0 Å². The SMILES string of the molecule is O=C(NCCS(=O)(=O)Cc1ccccc1)Nc1cccc(Cn2cccnc2=O)c1. The Labute approximate surface area is 174 Å². The molecule has 0 unspecified atom stereocenters. The van der Waals surface area contributed by atoms with Gasteiger partial charge in [0, 0.05) is 24.6 Å². The Balaban J connectivity index is 1.50. The molecule has 156 valence electrons. The molecule has 30 heavy (non-hydrogen) atoms. The molecule has 0 aliphatic carbocycles. The van der Waals surface area contributed by atoms with Crippen LogP contribution in [0.3, 0.4) is 0 Å². The fraction of sp³-hybridized carbons (Fsp3) is 0.190. The summed E-state index contributed by atoms with van der Waals surface area (Å²) in [4.78, 5) is 27.5. The smallest absolute Gasteiger partial charge is 0.337 e. The highest BCUT2D eigenvalue weighted by Crippen LogP contribution is 2.11. The lowest BCUT2D eigenvalue weighted by atomic mass is 10.2. The molecule has 3 rings (SSSR count). The largest absolute Gasteiger partial charge is 0.347 e. The van der Waals surface area contributed by atoms with Crippen molar-refractivity contribution < 1.29 is 13.2 Å². The number of sulfone groups is 1. The van der Waals surface area contributed by atoms with Gasteiger partial charge >= 0.3 is 11.7 Å². The maximum Gasteiger partial charge on any atom is 0.347 e. The van der Waals surface area contributed by atoms with E-state index in [0.717, 1.165) is 5.56 Å². The van der Waals surface area contributed by atoms with Crippen molar-refractivity contribution in [1.82, 2.24) is 14.9 Å². The Morgan fingerprint density at radius 1 is 1.00 bits per heavy atom. The number of nitrogens with zero attached hydrogens (tertiary/aromatic N) is 2. The van der Waals surface area contributed by atoms with Gasteiger partial charge in [-0.1, -0.05) is 42.5 Å². The second-order valence-corrected chi connectivity index (χ2v) is 8.87. The highest BCUT2D eigenvalue weighted by atomic mass is 32.2. The van der Waals surface area contributed by atoms with E-state index >= 15 is 0 Å². The molecule has 0 saturated heterocycles. The quantitative estimate of drug-likeness (QED) is 0.573. The summed E-state index contributed by atoms with van der Waals surface area (Å²) in [5, 5.41) is 5.23. The molecule has 2 N–H and O–H groups in total. The first-order chi connectivity index (χ1) is 14.4. The molecule has 0 bridgehead atoms. The van der Waals surface area contributed by atoms with E-state index in [2.05, 4.69) is 15.6 Å². The molecule has 0 radical (unpaired) electrons. The van der Waals surface area contributed by atoms with Crippen molar-refractivity contribution >= 4 is 21.6 Å². The van der Waals surface area contributed by atoms with Crippen LogP contribution in [0.25, 0.3) is 0 Å². The minimum atomic E-state index is -3.33. The fourth-order valence-electron chi connectivity index (χ4n) is 2.85. The van der Waals surface area contributed by atoms with E-state index in [0.29, 0.717) is 17.8 Å². The maximum absolute atomic E-state index is 12.2. The molecule has 2 aromatic carbocycles. The van der Waals surface area contributed by atoms with Crippen LogP contribution in [0.4, 0.5) is 10.5 Å². The Kier molecular flexibility index (Phi) is 6.97. The molecule has 3 aromatic rings. The molecule has 0 spiro atoms. The second kappa shape index (κ2) is 9.84. The van der Waals surface area contributed by atoms with E-state index in [1.54, 1.807) is 54.7 Å². The summed E-state index contributed by atoms with van der Waals surface area (Å²) >= 11 is 0. The zero-order chi connectivity index (χ0) is 21.4. The van der Waals surface area contributed by atoms with Crippen molar-refractivity contribution in [3.05, 3.63) is 94.7 Å². The summed E-state index contributed by atoms with van der Waals surface area (Å²) in [5.74, 6) is -0.216. The van der Waals surface area contributed by atoms with E-state index in [9.17, 15) is 18.0 Å². The van der Waals surface area contributed by atoms with Gasteiger partial charge in [0.25, 0.3) is 0 Å². The molecule has 0 aliphatic heterocycles. The summed E-state index contributed by atoms with van der Waals surface area (Å²) in [7, 11) is -3.33. The lowest BCUT2D eigenvalue weighted by Crippen LogP contribution is -2.33. The number of nitrogens with one attached hydrogen (secondary N) is 2. The number of aromatic nitrogens is 2. The van der Waals surface area contributed by atoms with Crippen LogP contribution in [0.15, 0.2) is 77.9 Å². The van der Waals surface area contributed by atoms with Gasteiger partial charge in [-0.05, 0) is 29.3 Å². The van der Waals surface area contributed by atoms with Crippen LogP contribution in [-0.4, -0.2) is 36.3 Å². The summed E-state index contributed by atoms with van der Waals surface area (Å²) in [6.07, 6.45) is 3.07. The lowest BCUT2D eigenvalue weighted by molar-refractivity contribution is 0.252. The molecule has 0 saturated carbocycles. The molecular weight excluding hydrogens is 404 g/mol. The third-order valence-electron chi connectivity index (χ3n) is 4.25. The van der Waals surface area contributed by atoms with Crippen LogP contribution < -0.4 is 16.3 Å². The van der Waals surface area contributed by atoms with Crippen molar-refractivity contribution in [1.29, 1.82) is 0 Å². The molecule has 1 aromatic heterocycles. The van der Waals surface area contributed by atoms with Gasteiger partial charge in [0.2, 0.25) is 0 Å². The predicted octanol–water partition coefficient (Wildman–Crippen LogP) is 2.03. The third kappa shape index (κ3) is 6.56. The van der Waals surface area contributed by atoms with Crippen LogP contribution in [-0.2, 0) is 22.1 Å². The first-order valence-corrected chi connectivity index (χ1v) is 11.1. The van der Waals surface area contributed by atoms with Crippen molar-refractivity contribution in [3.8, 4) is 0 Å². The van der Waals surface area contributed by atoms with Crippen molar-refractivity contribution in [2.24, 2.45) is 0 Å². The molecule has 2 amide bonds. The summed E-state index contributed by atoms with van der Waals surface area (Å²) in [6, 6.07) is 17.1. The highest BCUT2D eigenvalue weighted by molar-refractivity contribution is 7.90. The molecule has 0 atom stereocenters. The number of amides is 2. The van der Waals surface area contributed by atoms with Crippen molar-refractivity contribution in [2.45, 2.75) is 12.3 Å². The topological polar surface area (TPSA) is 110 Å². The van der Waals surface area contributed by atoms with Crippen LogP contribution in [0, 0.1) is 0 Å². The van der Waals surface area contributed by atoms with Crippen LogP contribution in [0.5, 0.6) is 0 Å². The second-order valence-electron chi connectivity index (χ2n) is 6.69. The van der Waals surface area contributed by atoms with Gasteiger partial charge in [-0.15, -0.1) is 0 Å². The van der Waals surface area contributed by atoms with Crippen molar-refractivity contribution in [2.75, 3.05) is 17.6 Å². The number of rotatable bonds is 8. The Hall–Kier alpha value is -3.46. The summed E-state index contributed by atoms with van der Waals surface area (Å²) in [6.45, 7) is 0.327. The number of benzene rings is 2. The minimum absolute atomic E-state index is 0.00572. The summed E-state index contributed by atoms with van der Waals surface area (Å²) in [5.41, 5.74) is 1.71. The standard InChI is InChI=1S/C21H22N4O4S/c26-20(22-11-13-30(28,29)16-17-6-2-1-3-7-17)24-19-9-4-8-18(14-19)15-25-12-5-10-23-21(25)27/h1-10,12,14H,11,13,15-16H2,(H2,22,24,26). The van der Waals surface area contributed by atoms with E-state index in [1.807, 2.05) is 12.1 Å². The maximum atomic E-state index is 12.2. The Morgan fingerprint density at radius 2 is 1.77 bits per heavy atom. The number of carbonyl (C=O) groups is 1. The van der Waals surface area contributed by atoms with E-state index in [1.165, 1.54) is 10.8 Å². The van der Waals surface area contributed by atoms with Gasteiger partial charge in [0.1, 0.15) is 0 Å². The number of hydrogen-bond donors (Lipinski definition) is 2. The highest BCUT2D eigenvalue weighted by Gasteiger charge is 2.12. The first-order valence-electron chi connectivity index (χ1n) is 9.31. The third-order valence-corrected chi connectivity index (χ3v) is 5.85. The number of carbonyl (C=O) groups excluding carboxylic acids is 1. The normalized spacial score (nSPS) is 11.1. The fourth-order valence-corrected chi connectivity index (χ4v) is 4.10. The van der Waals surface area contributed by atoms with E-state index < -0.39 is 15.9 Å². The average Bonchev–Trinajstić information content (AvgIpc) is 2.70. The number of urea groups is 1. The number of hydrogen-bond acceptors (Lipinski definition) is 5. The molecule has 0 fully saturated rings. The Morgan fingerprint density at radius 3 is 2.53 bits per heavy atom. The number of anilines is 1. The van der Waals surface area contributed by atoms with Gasteiger partial charge in [-0.25, -0.2) is 23.0 Å². The molecule has 9 heteroatoms. The van der Waals surface area contributed by atoms with Crippen LogP contribution >= 0.6 is 0 Å².